The molecule has 34 heavy (non-hydrogen) atoms. The number of hydrogen-bond donors (Lipinski definition) is 3. The summed E-state index contributed by atoms with van der Waals surface area (Å²) >= 11 is 6.47. The van der Waals surface area contributed by atoms with Crippen LogP contribution in [-0.4, -0.2) is 33.8 Å². The maximum atomic E-state index is 10.3. The molecule has 1 saturated heterocycles. The minimum atomic E-state index is -0.693. The predicted molar refractivity (Wildman–Crippen MR) is 135 cm³/mol. The van der Waals surface area contributed by atoms with Gasteiger partial charge in [0, 0.05) is 22.7 Å². The molecular formula is C27H23ClN4O2. The summed E-state index contributed by atoms with van der Waals surface area (Å²) in [5.41, 5.74) is 2.34. The quantitative estimate of drug-likeness (QED) is 0.344. The van der Waals surface area contributed by atoms with Gasteiger partial charge >= 0.3 is 0 Å². The molecular weight excluding hydrogens is 448 g/mol. The van der Waals surface area contributed by atoms with Gasteiger partial charge in [-0.3, -0.25) is 0 Å². The molecule has 3 N–H and O–H groups in total. The Bertz CT molecular complexity index is 1360. The highest BCUT2D eigenvalue weighted by Crippen LogP contribution is 2.33. The van der Waals surface area contributed by atoms with Crippen LogP contribution < -0.4 is 15.4 Å². The van der Waals surface area contributed by atoms with Crippen LogP contribution in [0.15, 0.2) is 73.1 Å². The Morgan fingerprint density at radius 3 is 2.76 bits per heavy atom. The van der Waals surface area contributed by atoms with Gasteiger partial charge in [-0.2, -0.15) is 0 Å². The maximum absolute atomic E-state index is 10.3. The number of aromatic nitrogens is 2. The van der Waals surface area contributed by atoms with Crippen molar-refractivity contribution in [1.29, 1.82) is 0 Å². The number of halogens is 1. The Morgan fingerprint density at radius 1 is 1.09 bits per heavy atom. The summed E-state index contributed by atoms with van der Waals surface area (Å²) in [6.45, 7) is 0.926. The SMILES string of the molecule is OC(C#Cc1ccc2ncnc(Nc3ccc(Oc4ccccc4)c(Cl)c3)c2c1)C1CCCN1. The van der Waals surface area contributed by atoms with Crippen molar-refractivity contribution in [3.63, 3.8) is 0 Å². The fraction of sp³-hybridized carbons (Fsp3) is 0.185. The third-order valence-corrected chi connectivity index (χ3v) is 5.94. The first kappa shape index (κ1) is 22.2. The highest BCUT2D eigenvalue weighted by Gasteiger charge is 2.20. The maximum Gasteiger partial charge on any atom is 0.146 e. The number of para-hydroxylation sites is 1. The van der Waals surface area contributed by atoms with Crippen LogP contribution in [-0.2, 0) is 0 Å². The molecule has 1 fully saturated rings. The number of benzene rings is 3. The molecule has 6 nitrogen and oxygen atoms in total. The summed E-state index contributed by atoms with van der Waals surface area (Å²) < 4.78 is 5.86. The molecule has 0 amide bonds. The highest BCUT2D eigenvalue weighted by molar-refractivity contribution is 6.32. The van der Waals surface area contributed by atoms with Crippen molar-refractivity contribution in [3.05, 3.63) is 83.6 Å². The fourth-order valence-electron chi connectivity index (χ4n) is 3.89. The minimum Gasteiger partial charge on any atom is -0.456 e. The molecule has 2 heterocycles. The van der Waals surface area contributed by atoms with Crippen molar-refractivity contribution in [2.24, 2.45) is 0 Å². The third kappa shape index (κ3) is 5.13. The van der Waals surface area contributed by atoms with E-state index in [1.54, 1.807) is 6.07 Å². The minimum absolute atomic E-state index is 0.0344. The average molecular weight is 471 g/mol. The van der Waals surface area contributed by atoms with Crippen molar-refractivity contribution in [2.45, 2.75) is 25.0 Å². The van der Waals surface area contributed by atoms with Crippen LogP contribution in [0.5, 0.6) is 11.5 Å². The standard InChI is InChI=1S/C27H23ClN4O2/c28-22-16-19(10-13-26(22)34-20-5-2-1-3-6-20)32-27-21-15-18(8-11-23(21)30-17-31-27)9-12-25(33)24-7-4-14-29-24/h1-3,5-6,8,10-11,13,15-17,24-25,29,33H,4,7,14H2,(H,30,31,32). The molecule has 1 aliphatic heterocycles. The molecule has 1 aromatic heterocycles. The van der Waals surface area contributed by atoms with Crippen molar-refractivity contribution < 1.29 is 9.84 Å². The molecule has 0 radical (unpaired) electrons. The molecule has 0 bridgehead atoms. The van der Waals surface area contributed by atoms with Crippen molar-refractivity contribution >= 4 is 34.0 Å². The lowest BCUT2D eigenvalue weighted by atomic mass is 10.1. The van der Waals surface area contributed by atoms with Crippen LogP contribution in [0.4, 0.5) is 11.5 Å². The normalized spacial score (nSPS) is 16.0. The number of hydrogen-bond acceptors (Lipinski definition) is 6. The molecule has 0 spiro atoms. The lowest BCUT2D eigenvalue weighted by Gasteiger charge is -2.12. The smallest absolute Gasteiger partial charge is 0.146 e. The average Bonchev–Trinajstić information content (AvgIpc) is 3.40. The molecule has 2 unspecified atom stereocenters. The monoisotopic (exact) mass is 470 g/mol. The zero-order valence-electron chi connectivity index (χ0n) is 18.3. The largest absolute Gasteiger partial charge is 0.456 e. The Balaban J connectivity index is 1.37. The zero-order valence-corrected chi connectivity index (χ0v) is 19.1. The van der Waals surface area contributed by atoms with Gasteiger partial charge in [-0.1, -0.05) is 41.6 Å². The van der Waals surface area contributed by atoms with E-state index in [0.717, 1.165) is 47.3 Å². The number of ether oxygens (including phenoxy) is 1. The number of fused-ring (bicyclic) bond motifs is 1. The first-order valence-electron chi connectivity index (χ1n) is 11.1. The van der Waals surface area contributed by atoms with Gasteiger partial charge in [0.25, 0.3) is 0 Å². The van der Waals surface area contributed by atoms with Gasteiger partial charge in [0.2, 0.25) is 0 Å². The molecule has 0 aliphatic carbocycles. The van der Waals surface area contributed by atoms with E-state index < -0.39 is 6.10 Å². The summed E-state index contributed by atoms with van der Waals surface area (Å²) in [5, 5.41) is 18.2. The molecule has 3 aromatic carbocycles. The molecule has 170 valence electrons. The number of aliphatic hydroxyl groups excluding tert-OH is 1. The molecule has 5 rings (SSSR count). The summed E-state index contributed by atoms with van der Waals surface area (Å²) in [7, 11) is 0. The van der Waals surface area contributed by atoms with Crippen molar-refractivity contribution in [1.82, 2.24) is 15.3 Å². The van der Waals surface area contributed by atoms with Crippen LogP contribution in [0.1, 0.15) is 18.4 Å². The van der Waals surface area contributed by atoms with Crippen LogP contribution in [0.2, 0.25) is 5.02 Å². The van der Waals surface area contributed by atoms with Crippen LogP contribution in [0.3, 0.4) is 0 Å². The number of anilines is 2. The summed E-state index contributed by atoms with van der Waals surface area (Å²) in [4.78, 5) is 8.77. The lowest BCUT2D eigenvalue weighted by Crippen LogP contribution is -2.33. The number of nitrogens with zero attached hydrogens (tertiary/aromatic N) is 2. The van der Waals surface area contributed by atoms with Gasteiger partial charge in [-0.05, 0) is 67.9 Å². The second kappa shape index (κ2) is 10.1. The first-order valence-corrected chi connectivity index (χ1v) is 11.5. The Labute approximate surface area is 203 Å². The van der Waals surface area contributed by atoms with Crippen LogP contribution >= 0.6 is 11.6 Å². The second-order valence-corrected chi connectivity index (χ2v) is 8.46. The van der Waals surface area contributed by atoms with E-state index in [2.05, 4.69) is 32.4 Å². The van der Waals surface area contributed by atoms with Gasteiger partial charge in [-0.15, -0.1) is 0 Å². The van der Waals surface area contributed by atoms with E-state index >= 15 is 0 Å². The van der Waals surface area contributed by atoms with Gasteiger partial charge in [0.1, 0.15) is 29.7 Å². The Morgan fingerprint density at radius 2 is 1.97 bits per heavy atom. The van der Waals surface area contributed by atoms with Crippen LogP contribution in [0, 0.1) is 11.8 Å². The van der Waals surface area contributed by atoms with E-state index in [4.69, 9.17) is 16.3 Å². The molecule has 4 aromatic rings. The molecule has 2 atom stereocenters. The Hall–Kier alpha value is -3.63. The summed E-state index contributed by atoms with van der Waals surface area (Å²) in [5.74, 6) is 7.97. The lowest BCUT2D eigenvalue weighted by molar-refractivity contribution is 0.190. The Kier molecular flexibility index (Phi) is 6.59. The number of nitrogens with one attached hydrogen (secondary N) is 2. The molecule has 0 saturated carbocycles. The van der Waals surface area contributed by atoms with Gasteiger partial charge in [-0.25, -0.2) is 9.97 Å². The first-order chi connectivity index (χ1) is 16.7. The van der Waals surface area contributed by atoms with Crippen LogP contribution in [0.25, 0.3) is 10.9 Å². The zero-order chi connectivity index (χ0) is 23.3. The van der Waals surface area contributed by atoms with E-state index in [1.807, 2.05) is 60.7 Å². The van der Waals surface area contributed by atoms with Crippen molar-refractivity contribution in [3.8, 4) is 23.3 Å². The summed E-state index contributed by atoms with van der Waals surface area (Å²) in [6, 6.07) is 20.7. The predicted octanol–water partition coefficient (Wildman–Crippen LogP) is 5.28. The van der Waals surface area contributed by atoms with E-state index in [1.165, 1.54) is 6.33 Å². The van der Waals surface area contributed by atoms with Gasteiger partial charge in [0.05, 0.1) is 10.5 Å². The van der Waals surface area contributed by atoms with Gasteiger partial charge in [0.15, 0.2) is 0 Å². The topological polar surface area (TPSA) is 79.3 Å². The fourth-order valence-corrected chi connectivity index (χ4v) is 4.11. The van der Waals surface area contributed by atoms with Gasteiger partial charge < -0.3 is 20.5 Å². The third-order valence-electron chi connectivity index (χ3n) is 5.64. The van der Waals surface area contributed by atoms with E-state index in [9.17, 15) is 5.11 Å². The highest BCUT2D eigenvalue weighted by atomic mass is 35.5. The second-order valence-electron chi connectivity index (χ2n) is 8.06. The molecule has 1 aliphatic rings. The number of aliphatic hydroxyl groups is 1. The van der Waals surface area contributed by atoms with E-state index in [0.29, 0.717) is 16.6 Å². The molecule has 7 heteroatoms. The van der Waals surface area contributed by atoms with Crippen molar-refractivity contribution in [2.75, 3.05) is 11.9 Å². The summed E-state index contributed by atoms with van der Waals surface area (Å²) in [6.07, 6.45) is 2.82. The van der Waals surface area contributed by atoms with E-state index in [-0.39, 0.29) is 6.04 Å². The number of rotatable bonds is 5.